The van der Waals surface area contributed by atoms with E-state index in [9.17, 15) is 48.3 Å². The third-order valence-electron chi connectivity index (χ3n) is 2.69. The van der Waals surface area contributed by atoms with Crippen molar-refractivity contribution < 1.29 is 53.0 Å². The third-order valence-corrected chi connectivity index (χ3v) is 2.69. The standard InChI is InChI=1S/C8H5F11O/c1-2(6(13,14)15)20-5(12)3(9)4(10,11)7(16,17)8(5,18)19/h2-3H,1H3. The van der Waals surface area contributed by atoms with Crippen molar-refractivity contribution in [3.05, 3.63) is 0 Å². The van der Waals surface area contributed by atoms with E-state index in [1.54, 1.807) is 0 Å². The van der Waals surface area contributed by atoms with E-state index >= 15 is 0 Å². The van der Waals surface area contributed by atoms with Crippen LogP contribution in [0.1, 0.15) is 6.92 Å². The van der Waals surface area contributed by atoms with Gasteiger partial charge in [-0.15, -0.1) is 0 Å². The summed E-state index contributed by atoms with van der Waals surface area (Å²) in [6, 6.07) is 0. The number of hydrogen-bond donors (Lipinski definition) is 0. The highest BCUT2D eigenvalue weighted by molar-refractivity contribution is 5.19. The first-order valence-corrected chi connectivity index (χ1v) is 4.74. The smallest absolute Gasteiger partial charge is 0.326 e. The third kappa shape index (κ3) is 1.86. The minimum Gasteiger partial charge on any atom is -0.326 e. The van der Waals surface area contributed by atoms with Crippen molar-refractivity contribution in [1.29, 1.82) is 0 Å². The second-order valence-corrected chi connectivity index (χ2v) is 4.08. The van der Waals surface area contributed by atoms with Crippen molar-refractivity contribution in [3.8, 4) is 0 Å². The Morgan fingerprint density at radius 3 is 1.55 bits per heavy atom. The fraction of sp³-hybridized carbons (Fsp3) is 1.00. The van der Waals surface area contributed by atoms with E-state index in [-0.39, 0.29) is 6.92 Å². The minimum atomic E-state index is -6.56. The van der Waals surface area contributed by atoms with E-state index in [2.05, 4.69) is 4.74 Å². The van der Waals surface area contributed by atoms with Gasteiger partial charge in [0, 0.05) is 0 Å². The van der Waals surface area contributed by atoms with Crippen LogP contribution in [0.3, 0.4) is 0 Å². The minimum absolute atomic E-state index is 0.126. The van der Waals surface area contributed by atoms with E-state index in [4.69, 9.17) is 0 Å². The first-order chi connectivity index (χ1) is 8.53. The largest absolute Gasteiger partial charge is 0.414 e. The molecule has 1 aliphatic rings. The molecule has 0 heterocycles. The van der Waals surface area contributed by atoms with E-state index in [1.165, 1.54) is 0 Å². The number of hydrogen-bond acceptors (Lipinski definition) is 1. The quantitative estimate of drug-likeness (QED) is 0.700. The van der Waals surface area contributed by atoms with Crippen molar-refractivity contribution >= 4 is 0 Å². The summed E-state index contributed by atoms with van der Waals surface area (Å²) in [5.41, 5.74) is 0. The van der Waals surface area contributed by atoms with Gasteiger partial charge >= 0.3 is 29.8 Å². The molecule has 20 heavy (non-hydrogen) atoms. The van der Waals surface area contributed by atoms with Gasteiger partial charge in [-0.3, -0.25) is 0 Å². The molecule has 0 N–H and O–H groups in total. The predicted octanol–water partition coefficient (Wildman–Crippen LogP) is 3.88. The van der Waals surface area contributed by atoms with Gasteiger partial charge < -0.3 is 4.74 Å². The van der Waals surface area contributed by atoms with Gasteiger partial charge in [0.15, 0.2) is 6.10 Å². The van der Waals surface area contributed by atoms with Crippen molar-refractivity contribution in [2.24, 2.45) is 0 Å². The zero-order valence-corrected chi connectivity index (χ0v) is 9.22. The first-order valence-electron chi connectivity index (χ1n) is 4.74. The lowest BCUT2D eigenvalue weighted by Gasteiger charge is -2.31. The Morgan fingerprint density at radius 2 is 1.30 bits per heavy atom. The lowest BCUT2D eigenvalue weighted by molar-refractivity contribution is -0.362. The Balaban J connectivity index is 3.29. The summed E-state index contributed by atoms with van der Waals surface area (Å²) >= 11 is 0. The maximum atomic E-state index is 13.4. The average molecular weight is 326 g/mol. The number of halogens is 11. The van der Waals surface area contributed by atoms with Gasteiger partial charge in [-0.25, -0.2) is 8.78 Å². The van der Waals surface area contributed by atoms with Crippen LogP contribution in [-0.4, -0.2) is 42.1 Å². The van der Waals surface area contributed by atoms with Gasteiger partial charge in [-0.05, 0) is 6.92 Å². The van der Waals surface area contributed by atoms with Gasteiger partial charge in [-0.2, -0.15) is 39.5 Å². The first kappa shape index (κ1) is 17.2. The molecule has 1 rings (SSSR count). The molecule has 0 aromatic heterocycles. The lowest BCUT2D eigenvalue weighted by Crippen LogP contribution is -2.56. The van der Waals surface area contributed by atoms with Crippen molar-refractivity contribution in [3.63, 3.8) is 0 Å². The van der Waals surface area contributed by atoms with Gasteiger partial charge in [-0.1, -0.05) is 0 Å². The highest BCUT2D eigenvalue weighted by Crippen LogP contribution is 2.64. The highest BCUT2D eigenvalue weighted by atomic mass is 19.4. The molecule has 0 spiro atoms. The second-order valence-electron chi connectivity index (χ2n) is 4.08. The predicted molar refractivity (Wildman–Crippen MR) is 40.2 cm³/mol. The maximum Gasteiger partial charge on any atom is 0.414 e. The van der Waals surface area contributed by atoms with Crippen LogP contribution in [0.2, 0.25) is 0 Å². The summed E-state index contributed by atoms with van der Waals surface area (Å²) < 4.78 is 142. The summed E-state index contributed by atoms with van der Waals surface area (Å²) in [6.45, 7) is -0.126. The molecule has 0 aromatic rings. The Hall–Kier alpha value is -0.810. The van der Waals surface area contributed by atoms with E-state index in [0.29, 0.717) is 0 Å². The molecule has 1 fully saturated rings. The fourth-order valence-corrected chi connectivity index (χ4v) is 1.43. The lowest BCUT2D eigenvalue weighted by atomic mass is 10.1. The SMILES string of the molecule is CC(OC1(F)C(F)C(F)(F)C(F)(F)C1(F)F)C(F)(F)F. The summed E-state index contributed by atoms with van der Waals surface area (Å²) in [6.07, 6.45) is -14.0. The Labute approximate surface area is 103 Å². The molecule has 0 saturated heterocycles. The Kier molecular flexibility index (Phi) is 3.54. The monoisotopic (exact) mass is 326 g/mol. The number of ether oxygens (including phenoxy) is 1. The molecule has 3 unspecified atom stereocenters. The molecule has 12 heteroatoms. The summed E-state index contributed by atoms with van der Waals surface area (Å²) in [5.74, 6) is -25.1. The van der Waals surface area contributed by atoms with Gasteiger partial charge in [0.1, 0.15) is 0 Å². The zero-order valence-electron chi connectivity index (χ0n) is 9.22. The highest BCUT2D eigenvalue weighted by Gasteiger charge is 2.94. The van der Waals surface area contributed by atoms with Crippen LogP contribution < -0.4 is 0 Å². The van der Waals surface area contributed by atoms with E-state index < -0.39 is 42.1 Å². The van der Waals surface area contributed by atoms with Crippen LogP contribution in [0.25, 0.3) is 0 Å². The molecule has 120 valence electrons. The van der Waals surface area contributed by atoms with Crippen molar-refractivity contribution in [2.45, 2.75) is 49.0 Å². The van der Waals surface area contributed by atoms with Gasteiger partial charge in [0.05, 0.1) is 0 Å². The summed E-state index contributed by atoms with van der Waals surface area (Å²) in [5, 5.41) is 0. The zero-order chi connectivity index (χ0) is 16.4. The van der Waals surface area contributed by atoms with Crippen molar-refractivity contribution in [2.75, 3.05) is 0 Å². The molecule has 1 aliphatic carbocycles. The molecule has 0 radical (unpaired) electrons. The van der Waals surface area contributed by atoms with Crippen LogP contribution in [0.15, 0.2) is 0 Å². The number of rotatable bonds is 2. The average Bonchev–Trinajstić information content (AvgIpc) is 2.30. The van der Waals surface area contributed by atoms with Crippen LogP contribution in [0.5, 0.6) is 0 Å². The maximum absolute atomic E-state index is 13.4. The second kappa shape index (κ2) is 4.10. The normalized spacial score (nSPS) is 36.9. The Morgan fingerprint density at radius 1 is 0.900 bits per heavy atom. The van der Waals surface area contributed by atoms with Gasteiger partial charge in [0.2, 0.25) is 6.17 Å². The van der Waals surface area contributed by atoms with Crippen LogP contribution >= 0.6 is 0 Å². The van der Waals surface area contributed by atoms with Crippen LogP contribution in [0.4, 0.5) is 48.3 Å². The molecule has 0 aromatic carbocycles. The molecule has 0 bridgehead atoms. The summed E-state index contributed by atoms with van der Waals surface area (Å²) in [4.78, 5) is 0. The molecule has 0 aliphatic heterocycles. The topological polar surface area (TPSA) is 9.23 Å². The van der Waals surface area contributed by atoms with E-state index in [0.717, 1.165) is 0 Å². The molecular weight excluding hydrogens is 321 g/mol. The molecule has 1 nitrogen and oxygen atoms in total. The van der Waals surface area contributed by atoms with Crippen LogP contribution in [0, 0.1) is 0 Å². The molecule has 0 amide bonds. The Bertz CT molecular complexity index is 388. The van der Waals surface area contributed by atoms with Crippen LogP contribution in [-0.2, 0) is 4.74 Å². The number of alkyl halides is 11. The molecular formula is C8H5F11O. The molecule has 3 atom stereocenters. The van der Waals surface area contributed by atoms with E-state index in [1.807, 2.05) is 0 Å². The summed E-state index contributed by atoms with van der Waals surface area (Å²) in [7, 11) is 0. The van der Waals surface area contributed by atoms with Gasteiger partial charge in [0.25, 0.3) is 0 Å². The fourth-order valence-electron chi connectivity index (χ4n) is 1.43. The molecule has 1 saturated carbocycles. The van der Waals surface area contributed by atoms with Crippen molar-refractivity contribution in [1.82, 2.24) is 0 Å².